The molecule has 1 aromatic carbocycles. The highest BCUT2D eigenvalue weighted by molar-refractivity contribution is 7.90. The maximum atomic E-state index is 13.7. The summed E-state index contributed by atoms with van der Waals surface area (Å²) in [5.74, 6) is -1.96. The number of benzene rings is 1. The number of H-pyrrole nitrogens is 1. The third-order valence-electron chi connectivity index (χ3n) is 4.43. The van der Waals surface area contributed by atoms with Crippen molar-refractivity contribution in [3.63, 3.8) is 0 Å². The fourth-order valence-electron chi connectivity index (χ4n) is 2.88. The highest BCUT2D eigenvalue weighted by Gasteiger charge is 2.27. The highest BCUT2D eigenvalue weighted by Crippen LogP contribution is 2.26. The minimum absolute atomic E-state index is 0.0895. The maximum absolute atomic E-state index is 13.7. The van der Waals surface area contributed by atoms with Crippen molar-refractivity contribution < 1.29 is 21.9 Å². The van der Waals surface area contributed by atoms with Crippen molar-refractivity contribution in [2.75, 3.05) is 0 Å². The number of imidazole rings is 1. The van der Waals surface area contributed by atoms with Crippen LogP contribution in [0.3, 0.4) is 0 Å². The van der Waals surface area contributed by atoms with Crippen LogP contribution >= 0.6 is 0 Å². The van der Waals surface area contributed by atoms with Gasteiger partial charge in [-0.1, -0.05) is 0 Å². The van der Waals surface area contributed by atoms with E-state index in [1.54, 1.807) is 13.8 Å². The number of fused-ring (bicyclic) bond motifs is 1. The zero-order valence-electron chi connectivity index (χ0n) is 14.1. The van der Waals surface area contributed by atoms with E-state index in [0.717, 1.165) is 6.07 Å². The van der Waals surface area contributed by atoms with E-state index in [1.165, 1.54) is 6.07 Å². The minimum Gasteiger partial charge on any atom is -0.461 e. The van der Waals surface area contributed by atoms with Gasteiger partial charge in [0.15, 0.2) is 11.6 Å². The Balaban J connectivity index is 1.60. The van der Waals surface area contributed by atoms with Crippen molar-refractivity contribution in [1.29, 1.82) is 0 Å². The predicted molar refractivity (Wildman–Crippen MR) is 89.9 cm³/mol. The topological polar surface area (TPSA) is 84.1 Å². The van der Waals surface area contributed by atoms with Crippen LogP contribution in [-0.2, 0) is 10.0 Å². The van der Waals surface area contributed by atoms with Gasteiger partial charge in [-0.3, -0.25) is 0 Å². The molecule has 1 heterocycles. The zero-order valence-corrected chi connectivity index (χ0v) is 14.9. The van der Waals surface area contributed by atoms with Crippen molar-refractivity contribution in [1.82, 2.24) is 14.7 Å². The van der Waals surface area contributed by atoms with E-state index < -0.39 is 26.9 Å². The van der Waals surface area contributed by atoms with Crippen LogP contribution in [0.1, 0.15) is 39.5 Å². The van der Waals surface area contributed by atoms with E-state index in [4.69, 9.17) is 4.74 Å². The lowest BCUT2D eigenvalue weighted by molar-refractivity contribution is 0.134. The Morgan fingerprint density at radius 1 is 1.24 bits per heavy atom. The molecule has 138 valence electrons. The van der Waals surface area contributed by atoms with Crippen LogP contribution in [0.4, 0.5) is 8.78 Å². The summed E-state index contributed by atoms with van der Waals surface area (Å²) < 4.78 is 59.2. The molecular weight excluding hydrogens is 352 g/mol. The van der Waals surface area contributed by atoms with Crippen LogP contribution in [0, 0.1) is 11.6 Å². The van der Waals surface area contributed by atoms with Gasteiger partial charge in [-0.05, 0) is 51.7 Å². The Labute approximate surface area is 145 Å². The Morgan fingerprint density at radius 3 is 2.56 bits per heavy atom. The van der Waals surface area contributed by atoms with Gasteiger partial charge in [-0.2, -0.15) is 4.98 Å². The number of hydrogen-bond donors (Lipinski definition) is 2. The molecule has 0 aliphatic heterocycles. The first-order valence-corrected chi connectivity index (χ1v) is 9.82. The normalized spacial score (nSPS) is 21.8. The van der Waals surface area contributed by atoms with Gasteiger partial charge in [0, 0.05) is 6.04 Å². The van der Waals surface area contributed by atoms with Crippen LogP contribution < -0.4 is 9.46 Å². The number of sulfonamides is 1. The third-order valence-corrected chi connectivity index (χ3v) is 6.33. The molecule has 0 radical (unpaired) electrons. The van der Waals surface area contributed by atoms with E-state index in [1.807, 2.05) is 0 Å². The quantitative estimate of drug-likeness (QED) is 0.844. The summed E-state index contributed by atoms with van der Waals surface area (Å²) in [5, 5.41) is -0.465. The summed E-state index contributed by atoms with van der Waals surface area (Å²) in [4.78, 5) is 6.79. The average Bonchev–Trinajstić information content (AvgIpc) is 2.96. The molecule has 3 rings (SSSR count). The number of nitrogens with zero attached hydrogens (tertiary/aromatic N) is 1. The van der Waals surface area contributed by atoms with E-state index >= 15 is 0 Å². The molecule has 0 unspecified atom stereocenters. The zero-order chi connectivity index (χ0) is 18.2. The lowest BCUT2D eigenvalue weighted by Crippen LogP contribution is -2.42. The number of nitrogens with one attached hydrogen (secondary N) is 2. The molecule has 1 fully saturated rings. The lowest BCUT2D eigenvalue weighted by Gasteiger charge is -2.29. The summed E-state index contributed by atoms with van der Waals surface area (Å²) in [6, 6.07) is 2.48. The molecule has 0 amide bonds. The Kier molecular flexibility index (Phi) is 4.97. The number of rotatable bonds is 5. The molecule has 1 aliphatic rings. The van der Waals surface area contributed by atoms with Gasteiger partial charge in [0.25, 0.3) is 6.01 Å². The molecule has 9 heteroatoms. The summed E-state index contributed by atoms with van der Waals surface area (Å²) in [7, 11) is -3.29. The second-order valence-electron chi connectivity index (χ2n) is 6.60. The monoisotopic (exact) mass is 373 g/mol. The average molecular weight is 373 g/mol. The molecule has 25 heavy (non-hydrogen) atoms. The van der Waals surface area contributed by atoms with Gasteiger partial charge in [0.2, 0.25) is 10.0 Å². The van der Waals surface area contributed by atoms with Crippen molar-refractivity contribution in [3.05, 3.63) is 23.8 Å². The number of halogens is 2. The fourth-order valence-corrected chi connectivity index (χ4v) is 3.85. The maximum Gasteiger partial charge on any atom is 0.294 e. The Hall–Kier alpha value is -1.74. The van der Waals surface area contributed by atoms with Crippen molar-refractivity contribution in [2.24, 2.45) is 0 Å². The first-order valence-electron chi connectivity index (χ1n) is 8.28. The largest absolute Gasteiger partial charge is 0.461 e. The van der Waals surface area contributed by atoms with Crippen LogP contribution in [0.2, 0.25) is 0 Å². The fraction of sp³-hybridized carbons (Fsp3) is 0.562. The highest BCUT2D eigenvalue weighted by atomic mass is 32.2. The van der Waals surface area contributed by atoms with Crippen LogP contribution in [-0.4, -0.2) is 35.8 Å². The molecular formula is C16H21F2N3O3S. The standard InChI is InChI=1S/C16H21F2N3O3S/c1-9(2)25(22,23)21-10-3-5-11(6-4-10)24-16-19-13-8-7-12(17)14(18)15(13)20-16/h7-11,21H,3-6H2,1-2H3,(H,19,20). The van der Waals surface area contributed by atoms with E-state index in [-0.39, 0.29) is 23.7 Å². The van der Waals surface area contributed by atoms with Gasteiger partial charge in [-0.15, -0.1) is 0 Å². The second-order valence-corrected chi connectivity index (χ2v) is 8.87. The molecule has 2 N–H and O–H groups in total. The summed E-state index contributed by atoms with van der Waals surface area (Å²) in [5.41, 5.74) is 0.278. The van der Waals surface area contributed by atoms with Crippen LogP contribution in [0.25, 0.3) is 11.0 Å². The van der Waals surface area contributed by atoms with Crippen molar-refractivity contribution in [3.8, 4) is 6.01 Å². The predicted octanol–water partition coefficient (Wildman–Crippen LogP) is 2.86. The van der Waals surface area contributed by atoms with Crippen molar-refractivity contribution >= 4 is 21.1 Å². The molecule has 0 atom stereocenters. The number of ether oxygens (including phenoxy) is 1. The molecule has 0 saturated heterocycles. The van der Waals surface area contributed by atoms with Crippen LogP contribution in [0.5, 0.6) is 6.01 Å². The van der Waals surface area contributed by atoms with E-state index in [2.05, 4.69) is 14.7 Å². The number of aromatic amines is 1. The Morgan fingerprint density at radius 2 is 1.92 bits per heavy atom. The SMILES string of the molecule is CC(C)S(=O)(=O)NC1CCC(Oc2nc3c(F)c(F)ccc3[nH]2)CC1. The number of hydrogen-bond acceptors (Lipinski definition) is 4. The van der Waals surface area contributed by atoms with Gasteiger partial charge in [-0.25, -0.2) is 21.9 Å². The Bertz CT molecular complexity index is 859. The molecule has 1 aromatic heterocycles. The molecule has 0 spiro atoms. The van der Waals surface area contributed by atoms with Crippen molar-refractivity contribution in [2.45, 2.75) is 56.9 Å². The second kappa shape index (κ2) is 6.87. The summed E-state index contributed by atoms with van der Waals surface area (Å²) >= 11 is 0. The smallest absolute Gasteiger partial charge is 0.294 e. The minimum atomic E-state index is -3.29. The number of aromatic nitrogens is 2. The summed E-state index contributed by atoms with van der Waals surface area (Å²) in [6.07, 6.45) is 2.46. The first kappa shape index (κ1) is 18.1. The van der Waals surface area contributed by atoms with E-state index in [9.17, 15) is 17.2 Å². The van der Waals surface area contributed by atoms with Gasteiger partial charge in [0.1, 0.15) is 11.6 Å². The molecule has 1 aliphatic carbocycles. The van der Waals surface area contributed by atoms with Gasteiger partial charge >= 0.3 is 0 Å². The lowest BCUT2D eigenvalue weighted by atomic mass is 9.94. The van der Waals surface area contributed by atoms with Gasteiger partial charge in [0.05, 0.1) is 10.8 Å². The van der Waals surface area contributed by atoms with E-state index in [0.29, 0.717) is 31.2 Å². The first-order chi connectivity index (χ1) is 11.8. The molecule has 2 aromatic rings. The van der Waals surface area contributed by atoms with Crippen LogP contribution in [0.15, 0.2) is 12.1 Å². The molecule has 1 saturated carbocycles. The third kappa shape index (κ3) is 3.92. The van der Waals surface area contributed by atoms with Gasteiger partial charge < -0.3 is 9.72 Å². The molecule has 6 nitrogen and oxygen atoms in total. The molecule has 0 bridgehead atoms. The summed E-state index contributed by atoms with van der Waals surface area (Å²) in [6.45, 7) is 3.28.